The number of carbonyl (C=O) groups is 1. The van der Waals surface area contributed by atoms with Crippen molar-refractivity contribution in [1.82, 2.24) is 9.97 Å². The molecule has 1 amide bonds. The molecule has 5 nitrogen and oxygen atoms in total. The van der Waals surface area contributed by atoms with E-state index >= 15 is 0 Å². The van der Waals surface area contributed by atoms with Crippen molar-refractivity contribution in [3.8, 4) is 0 Å². The largest absolute Gasteiger partial charge is 0.367 e. The van der Waals surface area contributed by atoms with Gasteiger partial charge in [-0.25, -0.2) is 4.98 Å². The van der Waals surface area contributed by atoms with E-state index in [1.54, 1.807) is 6.07 Å². The van der Waals surface area contributed by atoms with Crippen molar-refractivity contribution < 1.29 is 4.79 Å². The lowest BCUT2D eigenvalue weighted by atomic mass is 10.2. The Morgan fingerprint density at radius 2 is 2.09 bits per heavy atom. The number of amides is 1. The van der Waals surface area contributed by atoms with Gasteiger partial charge < -0.3 is 10.6 Å². The lowest BCUT2D eigenvalue weighted by Gasteiger charge is -2.13. The van der Waals surface area contributed by atoms with Crippen LogP contribution in [0.25, 0.3) is 0 Å². The zero-order chi connectivity index (χ0) is 15.7. The van der Waals surface area contributed by atoms with Crippen LogP contribution < -0.4 is 10.6 Å². The van der Waals surface area contributed by atoms with Gasteiger partial charge in [0.25, 0.3) is 5.91 Å². The molecule has 0 radical (unpaired) electrons. The van der Waals surface area contributed by atoms with Gasteiger partial charge in [0, 0.05) is 12.2 Å². The van der Waals surface area contributed by atoms with Crippen molar-refractivity contribution in [2.24, 2.45) is 0 Å². The Labute approximate surface area is 138 Å². The second kappa shape index (κ2) is 6.10. The maximum absolute atomic E-state index is 12.5. The van der Waals surface area contributed by atoms with Gasteiger partial charge in [-0.1, -0.05) is 23.7 Å². The molecule has 1 aliphatic rings. The third-order valence-corrected chi connectivity index (χ3v) is 3.88. The van der Waals surface area contributed by atoms with E-state index in [9.17, 15) is 4.79 Å². The molecule has 1 aromatic heterocycles. The van der Waals surface area contributed by atoms with Crippen molar-refractivity contribution >= 4 is 40.6 Å². The summed E-state index contributed by atoms with van der Waals surface area (Å²) in [6, 6.07) is 5.79. The molecule has 0 atom stereocenters. The number of rotatable bonds is 4. The van der Waals surface area contributed by atoms with Crippen molar-refractivity contribution in [3.63, 3.8) is 0 Å². The summed E-state index contributed by atoms with van der Waals surface area (Å²) in [5, 5.41) is 6.60. The minimum atomic E-state index is -0.323. The average molecular weight is 337 g/mol. The number of benzene rings is 1. The van der Waals surface area contributed by atoms with E-state index in [1.807, 2.05) is 19.1 Å². The van der Waals surface area contributed by atoms with E-state index in [4.69, 9.17) is 23.2 Å². The number of halogens is 2. The first kappa shape index (κ1) is 15.1. The number of para-hydroxylation sites is 1. The maximum Gasteiger partial charge on any atom is 0.261 e. The van der Waals surface area contributed by atoms with Gasteiger partial charge in [0.1, 0.15) is 11.4 Å². The SMILES string of the molecule is Cc1cccc(Cl)c1NC(=O)c1cnc(Cl)nc1NC1CC1. The van der Waals surface area contributed by atoms with Crippen LogP contribution in [0.4, 0.5) is 11.5 Å². The summed E-state index contributed by atoms with van der Waals surface area (Å²) in [4.78, 5) is 20.5. The van der Waals surface area contributed by atoms with Gasteiger partial charge in [-0.15, -0.1) is 0 Å². The van der Waals surface area contributed by atoms with Crippen LogP contribution in [-0.4, -0.2) is 21.9 Å². The van der Waals surface area contributed by atoms with Crippen molar-refractivity contribution in [3.05, 3.63) is 45.8 Å². The van der Waals surface area contributed by atoms with Crippen molar-refractivity contribution in [2.75, 3.05) is 10.6 Å². The molecule has 2 N–H and O–H groups in total. The molecule has 114 valence electrons. The molecule has 0 saturated heterocycles. The first-order valence-electron chi connectivity index (χ1n) is 6.90. The second-order valence-electron chi connectivity index (χ2n) is 5.21. The molecule has 0 spiro atoms. The van der Waals surface area contributed by atoms with Crippen LogP contribution in [0.5, 0.6) is 0 Å². The number of hydrogen-bond acceptors (Lipinski definition) is 4. The number of aryl methyl sites for hydroxylation is 1. The first-order chi connectivity index (χ1) is 10.5. The summed E-state index contributed by atoms with van der Waals surface area (Å²) in [6.07, 6.45) is 3.54. The molecule has 1 fully saturated rings. The van der Waals surface area contributed by atoms with Crippen LogP contribution in [0.2, 0.25) is 10.3 Å². The second-order valence-corrected chi connectivity index (χ2v) is 5.95. The minimum Gasteiger partial charge on any atom is -0.367 e. The molecule has 0 unspecified atom stereocenters. The summed E-state index contributed by atoms with van der Waals surface area (Å²) in [6.45, 7) is 1.88. The standard InChI is InChI=1S/C15H14Cl2N4O/c1-8-3-2-4-11(16)12(8)20-14(22)10-7-18-15(17)21-13(10)19-9-5-6-9/h2-4,7,9H,5-6H2,1H3,(H,20,22)(H,18,19,21). The quantitative estimate of drug-likeness (QED) is 0.830. The Kier molecular flexibility index (Phi) is 4.18. The summed E-state index contributed by atoms with van der Waals surface area (Å²) in [7, 11) is 0. The van der Waals surface area contributed by atoms with E-state index in [2.05, 4.69) is 20.6 Å². The van der Waals surface area contributed by atoms with Gasteiger partial charge in [-0.3, -0.25) is 4.79 Å². The zero-order valence-corrected chi connectivity index (χ0v) is 13.4. The fourth-order valence-electron chi connectivity index (χ4n) is 2.03. The molecule has 7 heteroatoms. The highest BCUT2D eigenvalue weighted by Crippen LogP contribution is 2.28. The Balaban J connectivity index is 1.88. The summed E-state index contributed by atoms with van der Waals surface area (Å²) >= 11 is 12.0. The van der Waals surface area contributed by atoms with Crippen molar-refractivity contribution in [1.29, 1.82) is 0 Å². The Morgan fingerprint density at radius 3 is 2.77 bits per heavy atom. The topological polar surface area (TPSA) is 66.9 Å². The van der Waals surface area contributed by atoms with Gasteiger partial charge in [0.05, 0.1) is 10.7 Å². The molecule has 1 aromatic carbocycles. The third-order valence-electron chi connectivity index (χ3n) is 3.38. The number of carbonyl (C=O) groups excluding carboxylic acids is 1. The number of aromatic nitrogens is 2. The van der Waals surface area contributed by atoms with Crippen LogP contribution in [0, 0.1) is 6.92 Å². The number of hydrogen-bond donors (Lipinski definition) is 2. The molecule has 1 saturated carbocycles. The third kappa shape index (κ3) is 3.31. The highest BCUT2D eigenvalue weighted by molar-refractivity contribution is 6.34. The van der Waals surface area contributed by atoms with Crippen LogP contribution in [0.1, 0.15) is 28.8 Å². The van der Waals surface area contributed by atoms with E-state index in [0.717, 1.165) is 18.4 Å². The van der Waals surface area contributed by atoms with Crippen molar-refractivity contribution in [2.45, 2.75) is 25.8 Å². The van der Waals surface area contributed by atoms with Crippen LogP contribution >= 0.6 is 23.2 Å². The number of nitrogens with one attached hydrogen (secondary N) is 2. The molecule has 1 heterocycles. The predicted molar refractivity (Wildman–Crippen MR) is 87.8 cm³/mol. The summed E-state index contributed by atoms with van der Waals surface area (Å²) in [5.41, 5.74) is 1.81. The Hall–Kier alpha value is -1.85. The van der Waals surface area contributed by atoms with Gasteiger partial charge in [0.15, 0.2) is 0 Å². The lowest BCUT2D eigenvalue weighted by molar-refractivity contribution is 0.102. The fraction of sp³-hybridized carbons (Fsp3) is 0.267. The molecule has 2 aromatic rings. The van der Waals surface area contributed by atoms with Crippen LogP contribution in [0.15, 0.2) is 24.4 Å². The molecule has 1 aliphatic carbocycles. The Morgan fingerprint density at radius 1 is 1.32 bits per heavy atom. The predicted octanol–water partition coefficient (Wildman–Crippen LogP) is 3.92. The van der Waals surface area contributed by atoms with Gasteiger partial charge >= 0.3 is 0 Å². The summed E-state index contributed by atoms with van der Waals surface area (Å²) < 4.78 is 0. The minimum absolute atomic E-state index is 0.105. The van der Waals surface area contributed by atoms with E-state index in [0.29, 0.717) is 28.1 Å². The molecule has 0 bridgehead atoms. The highest BCUT2D eigenvalue weighted by Gasteiger charge is 2.25. The van der Waals surface area contributed by atoms with Gasteiger partial charge in [-0.05, 0) is 43.0 Å². The number of anilines is 2. The summed E-state index contributed by atoms with van der Waals surface area (Å²) in [5.74, 6) is 0.126. The first-order valence-corrected chi connectivity index (χ1v) is 7.65. The van der Waals surface area contributed by atoms with E-state index in [-0.39, 0.29) is 11.2 Å². The number of nitrogens with zero attached hydrogens (tertiary/aromatic N) is 2. The highest BCUT2D eigenvalue weighted by atomic mass is 35.5. The molecular weight excluding hydrogens is 323 g/mol. The van der Waals surface area contributed by atoms with E-state index < -0.39 is 0 Å². The maximum atomic E-state index is 12.5. The average Bonchev–Trinajstić information content (AvgIpc) is 3.27. The molecule has 0 aliphatic heterocycles. The van der Waals surface area contributed by atoms with Gasteiger partial charge in [-0.2, -0.15) is 4.98 Å². The lowest BCUT2D eigenvalue weighted by Crippen LogP contribution is -2.18. The van der Waals surface area contributed by atoms with Crippen LogP contribution in [0.3, 0.4) is 0 Å². The zero-order valence-electron chi connectivity index (χ0n) is 11.9. The molecular formula is C15H14Cl2N4O. The van der Waals surface area contributed by atoms with E-state index in [1.165, 1.54) is 6.20 Å². The smallest absolute Gasteiger partial charge is 0.261 e. The normalized spacial score (nSPS) is 13.8. The monoisotopic (exact) mass is 336 g/mol. The Bertz CT molecular complexity index is 711. The molecule has 3 rings (SSSR count). The molecule has 22 heavy (non-hydrogen) atoms. The van der Waals surface area contributed by atoms with Crippen LogP contribution in [-0.2, 0) is 0 Å². The fourth-order valence-corrected chi connectivity index (χ4v) is 2.43. The van der Waals surface area contributed by atoms with Gasteiger partial charge in [0.2, 0.25) is 5.28 Å².